The first kappa shape index (κ1) is 15.8. The number of anilines is 1. The molecule has 116 valence electrons. The van der Waals surface area contributed by atoms with Crippen molar-refractivity contribution in [2.45, 2.75) is 0 Å². The number of rotatable bonds is 3. The highest BCUT2D eigenvalue weighted by atomic mass is 35.5. The van der Waals surface area contributed by atoms with Crippen LogP contribution in [0.2, 0.25) is 15.1 Å². The fourth-order valence-corrected chi connectivity index (χ4v) is 2.74. The number of aromatic nitrogens is 2. The minimum atomic E-state index is -0.860. The number of H-pyrrole nitrogens is 1. The van der Waals surface area contributed by atoms with E-state index < -0.39 is 11.7 Å². The van der Waals surface area contributed by atoms with Gasteiger partial charge in [-0.15, -0.1) is 0 Å². The normalized spacial score (nSPS) is 10.7. The molecular formula is C15H8Cl3N3O2. The number of amides is 1. The molecule has 0 saturated carbocycles. The number of hydrogen-bond acceptors (Lipinski definition) is 3. The Hall–Kier alpha value is -2.08. The van der Waals surface area contributed by atoms with Crippen LogP contribution < -0.4 is 5.32 Å². The van der Waals surface area contributed by atoms with Crippen molar-refractivity contribution in [3.05, 3.63) is 57.4 Å². The van der Waals surface area contributed by atoms with Crippen molar-refractivity contribution in [3.8, 4) is 0 Å². The van der Waals surface area contributed by atoms with E-state index in [4.69, 9.17) is 34.8 Å². The molecule has 0 bridgehead atoms. The number of hydrogen-bond donors (Lipinski definition) is 2. The lowest BCUT2D eigenvalue weighted by Gasteiger charge is -2.07. The minimum Gasteiger partial charge on any atom is -0.360 e. The van der Waals surface area contributed by atoms with Crippen molar-refractivity contribution < 1.29 is 9.59 Å². The molecule has 3 rings (SSSR count). The Bertz CT molecular complexity index is 917. The molecule has 0 atom stereocenters. The maximum Gasteiger partial charge on any atom is 0.296 e. The van der Waals surface area contributed by atoms with E-state index in [0.717, 1.165) is 0 Å². The van der Waals surface area contributed by atoms with Crippen LogP contribution in [0.15, 0.2) is 36.8 Å². The first-order valence-electron chi connectivity index (χ1n) is 6.38. The van der Waals surface area contributed by atoms with E-state index in [9.17, 15) is 9.59 Å². The summed E-state index contributed by atoms with van der Waals surface area (Å²) in [6.07, 6.45) is 4.09. The lowest BCUT2D eigenvalue weighted by molar-refractivity contribution is -0.112. The van der Waals surface area contributed by atoms with Crippen LogP contribution in [-0.4, -0.2) is 21.7 Å². The number of fused-ring (bicyclic) bond motifs is 1. The van der Waals surface area contributed by atoms with Crippen molar-refractivity contribution in [2.75, 3.05) is 5.32 Å². The maximum atomic E-state index is 12.4. The van der Waals surface area contributed by atoms with Crippen molar-refractivity contribution in [3.63, 3.8) is 0 Å². The molecule has 0 aliphatic heterocycles. The van der Waals surface area contributed by atoms with E-state index in [2.05, 4.69) is 15.3 Å². The molecule has 1 amide bonds. The molecule has 0 saturated heterocycles. The molecule has 2 N–H and O–H groups in total. The molecule has 3 aromatic rings. The van der Waals surface area contributed by atoms with Gasteiger partial charge in [0.25, 0.3) is 11.7 Å². The second kappa shape index (κ2) is 6.20. The van der Waals surface area contributed by atoms with Gasteiger partial charge in [-0.05, 0) is 18.2 Å². The minimum absolute atomic E-state index is 0.138. The highest BCUT2D eigenvalue weighted by molar-refractivity contribution is 6.50. The van der Waals surface area contributed by atoms with Crippen LogP contribution in [-0.2, 0) is 4.79 Å². The monoisotopic (exact) mass is 367 g/mol. The van der Waals surface area contributed by atoms with Gasteiger partial charge in [-0.2, -0.15) is 0 Å². The van der Waals surface area contributed by atoms with Crippen molar-refractivity contribution >= 4 is 63.1 Å². The maximum absolute atomic E-state index is 12.4. The summed E-state index contributed by atoms with van der Waals surface area (Å²) in [6, 6.07) is 5.02. The second-order valence-electron chi connectivity index (χ2n) is 4.65. The fourth-order valence-electron chi connectivity index (χ4n) is 2.10. The summed E-state index contributed by atoms with van der Waals surface area (Å²) in [6.45, 7) is 0. The van der Waals surface area contributed by atoms with Gasteiger partial charge >= 0.3 is 0 Å². The van der Waals surface area contributed by atoms with Gasteiger partial charge in [0, 0.05) is 34.5 Å². The third-order valence-electron chi connectivity index (χ3n) is 3.19. The van der Waals surface area contributed by atoms with E-state index in [1.54, 1.807) is 18.2 Å². The number of pyridine rings is 1. The Morgan fingerprint density at radius 3 is 2.48 bits per heavy atom. The third-order valence-corrected chi connectivity index (χ3v) is 3.99. The van der Waals surface area contributed by atoms with Crippen LogP contribution in [0.25, 0.3) is 10.9 Å². The van der Waals surface area contributed by atoms with Crippen LogP contribution in [0, 0.1) is 0 Å². The first-order chi connectivity index (χ1) is 11.0. The zero-order valence-corrected chi connectivity index (χ0v) is 13.6. The molecule has 0 fully saturated rings. The van der Waals surface area contributed by atoms with Gasteiger partial charge in [-0.25, -0.2) is 0 Å². The molecular weight excluding hydrogens is 361 g/mol. The smallest absolute Gasteiger partial charge is 0.296 e. The third kappa shape index (κ3) is 3.03. The molecule has 23 heavy (non-hydrogen) atoms. The standard InChI is InChI=1S/C15H8Cl3N3O2/c16-7-1-2-12-8(3-7)9(4-20-12)14(22)15(23)21-13-10(17)5-19-6-11(13)18/h1-6,20H,(H,19,21,23). The van der Waals surface area contributed by atoms with Crippen molar-refractivity contribution in [1.29, 1.82) is 0 Å². The van der Waals surface area contributed by atoms with Crippen LogP contribution in [0.1, 0.15) is 10.4 Å². The first-order valence-corrected chi connectivity index (χ1v) is 7.52. The summed E-state index contributed by atoms with van der Waals surface area (Å²) in [7, 11) is 0. The molecule has 5 nitrogen and oxygen atoms in total. The summed E-state index contributed by atoms with van der Waals surface area (Å²) in [5.41, 5.74) is 1.05. The van der Waals surface area contributed by atoms with E-state index in [1.807, 2.05) is 0 Å². The van der Waals surface area contributed by atoms with Crippen LogP contribution in [0.3, 0.4) is 0 Å². The van der Waals surface area contributed by atoms with Crippen molar-refractivity contribution in [1.82, 2.24) is 9.97 Å². The van der Waals surface area contributed by atoms with E-state index in [-0.39, 0.29) is 21.3 Å². The van der Waals surface area contributed by atoms with E-state index in [1.165, 1.54) is 18.6 Å². The second-order valence-corrected chi connectivity index (χ2v) is 5.90. The van der Waals surface area contributed by atoms with Gasteiger partial charge in [0.15, 0.2) is 0 Å². The topological polar surface area (TPSA) is 74.8 Å². The lowest BCUT2D eigenvalue weighted by atomic mass is 10.1. The average molecular weight is 369 g/mol. The summed E-state index contributed by atoms with van der Waals surface area (Å²) >= 11 is 17.8. The summed E-state index contributed by atoms with van der Waals surface area (Å²) in [4.78, 5) is 31.3. The number of benzene rings is 1. The zero-order valence-electron chi connectivity index (χ0n) is 11.4. The number of nitrogens with zero attached hydrogens (tertiary/aromatic N) is 1. The Morgan fingerprint density at radius 1 is 1.09 bits per heavy atom. The van der Waals surface area contributed by atoms with Gasteiger partial charge in [0.1, 0.15) is 0 Å². The molecule has 0 spiro atoms. The van der Waals surface area contributed by atoms with E-state index in [0.29, 0.717) is 15.9 Å². The SMILES string of the molecule is O=C(Nc1c(Cl)cncc1Cl)C(=O)c1c[nH]c2ccc(Cl)cc12. The number of carbonyl (C=O) groups excluding carboxylic acids is 2. The molecule has 0 aliphatic carbocycles. The highest BCUT2D eigenvalue weighted by Gasteiger charge is 2.22. The molecule has 0 radical (unpaired) electrons. The molecule has 0 unspecified atom stereocenters. The number of Topliss-reactive ketones (excluding diaryl/α,β-unsaturated/α-hetero) is 1. The summed E-state index contributed by atoms with van der Waals surface area (Å²) < 4.78 is 0. The van der Waals surface area contributed by atoms with Gasteiger partial charge < -0.3 is 10.3 Å². The van der Waals surface area contributed by atoms with Gasteiger partial charge in [0.05, 0.1) is 21.3 Å². The Balaban J connectivity index is 1.93. The van der Waals surface area contributed by atoms with Crippen molar-refractivity contribution in [2.24, 2.45) is 0 Å². The number of nitrogens with one attached hydrogen (secondary N) is 2. The highest BCUT2D eigenvalue weighted by Crippen LogP contribution is 2.29. The predicted octanol–water partition coefficient (Wildman–Crippen LogP) is 4.34. The molecule has 8 heteroatoms. The van der Waals surface area contributed by atoms with Crippen LogP contribution >= 0.6 is 34.8 Å². The largest absolute Gasteiger partial charge is 0.360 e. The number of carbonyl (C=O) groups is 2. The molecule has 2 aromatic heterocycles. The molecule has 0 aliphatic rings. The van der Waals surface area contributed by atoms with Gasteiger partial charge in [-0.3, -0.25) is 14.6 Å². The number of aromatic amines is 1. The molecule has 2 heterocycles. The summed E-state index contributed by atoms with van der Waals surface area (Å²) in [5, 5.41) is 3.71. The molecule has 1 aromatic carbocycles. The van der Waals surface area contributed by atoms with Crippen LogP contribution in [0.5, 0.6) is 0 Å². The number of ketones is 1. The Labute approximate surface area is 145 Å². The Morgan fingerprint density at radius 2 is 1.78 bits per heavy atom. The van der Waals surface area contributed by atoms with E-state index >= 15 is 0 Å². The quantitative estimate of drug-likeness (QED) is 0.533. The fraction of sp³-hybridized carbons (Fsp3) is 0. The Kier molecular flexibility index (Phi) is 4.26. The lowest BCUT2D eigenvalue weighted by Crippen LogP contribution is -2.23. The summed E-state index contributed by atoms with van der Waals surface area (Å²) in [5.74, 6) is -1.59. The average Bonchev–Trinajstić information content (AvgIpc) is 2.93. The van der Waals surface area contributed by atoms with Gasteiger partial charge in [-0.1, -0.05) is 34.8 Å². The number of halogens is 3. The predicted molar refractivity (Wildman–Crippen MR) is 90.5 cm³/mol. The van der Waals surface area contributed by atoms with Gasteiger partial charge in [0.2, 0.25) is 0 Å². The zero-order chi connectivity index (χ0) is 16.6. The van der Waals surface area contributed by atoms with Crippen LogP contribution in [0.4, 0.5) is 5.69 Å².